The maximum atomic E-state index is 11.8. The Morgan fingerprint density at radius 3 is 2.65 bits per heavy atom. The Hall–Kier alpha value is -1.43. The summed E-state index contributed by atoms with van der Waals surface area (Å²) in [6.45, 7) is 8.03. The molecule has 2 atom stereocenters. The molecule has 1 aromatic rings. The first-order chi connectivity index (χ1) is 9.30. The van der Waals surface area contributed by atoms with Crippen molar-refractivity contribution < 1.29 is 9.00 Å². The van der Waals surface area contributed by atoms with Crippen molar-refractivity contribution in [2.75, 3.05) is 12.3 Å². The number of urea groups is 1. The first kappa shape index (κ1) is 16.6. The van der Waals surface area contributed by atoms with Gasteiger partial charge in [-0.1, -0.05) is 6.07 Å². The van der Waals surface area contributed by atoms with E-state index in [1.54, 1.807) is 6.20 Å². The lowest BCUT2D eigenvalue weighted by Crippen LogP contribution is -2.40. The zero-order chi connectivity index (χ0) is 15.2. The van der Waals surface area contributed by atoms with Gasteiger partial charge in [0.25, 0.3) is 0 Å². The molecule has 0 bridgehead atoms. The summed E-state index contributed by atoms with van der Waals surface area (Å²) in [4.78, 5) is 15.9. The van der Waals surface area contributed by atoms with Crippen molar-refractivity contribution in [3.8, 4) is 0 Å². The first-order valence-electron chi connectivity index (χ1n) is 6.64. The molecule has 1 heterocycles. The van der Waals surface area contributed by atoms with Gasteiger partial charge in [-0.3, -0.25) is 9.19 Å². The van der Waals surface area contributed by atoms with Gasteiger partial charge in [0.2, 0.25) is 0 Å². The minimum Gasteiger partial charge on any atom is -0.337 e. The number of hydrogen-bond donors (Lipinski definition) is 2. The van der Waals surface area contributed by atoms with Crippen LogP contribution in [0.2, 0.25) is 0 Å². The summed E-state index contributed by atoms with van der Waals surface area (Å²) in [5.41, 5.74) is 0.806. The lowest BCUT2D eigenvalue weighted by molar-refractivity contribution is 0.238. The summed E-state index contributed by atoms with van der Waals surface area (Å²) in [6.07, 6.45) is 1.69. The van der Waals surface area contributed by atoms with Gasteiger partial charge in [-0.2, -0.15) is 0 Å². The van der Waals surface area contributed by atoms with E-state index < -0.39 is 10.8 Å². The Balaban J connectivity index is 2.33. The van der Waals surface area contributed by atoms with E-state index in [9.17, 15) is 9.00 Å². The molecule has 0 aliphatic rings. The molecule has 1 aromatic heterocycles. The molecule has 0 aromatic carbocycles. The second-order valence-electron chi connectivity index (χ2n) is 5.54. The first-order valence-corrected chi connectivity index (χ1v) is 7.96. The van der Waals surface area contributed by atoms with Crippen LogP contribution in [0.25, 0.3) is 0 Å². The zero-order valence-corrected chi connectivity index (χ0v) is 13.3. The van der Waals surface area contributed by atoms with Crippen molar-refractivity contribution in [2.24, 2.45) is 0 Å². The molecule has 0 spiro atoms. The van der Waals surface area contributed by atoms with E-state index in [-0.39, 0.29) is 16.8 Å². The number of amides is 2. The van der Waals surface area contributed by atoms with Crippen molar-refractivity contribution in [1.29, 1.82) is 0 Å². The third kappa shape index (κ3) is 5.69. The number of hydrogen-bond acceptors (Lipinski definition) is 3. The molecule has 6 heteroatoms. The number of pyridine rings is 1. The summed E-state index contributed by atoms with van der Waals surface area (Å²) in [5.74, 6) is 0.453. The maximum Gasteiger partial charge on any atom is 0.315 e. The van der Waals surface area contributed by atoms with Gasteiger partial charge in [0.15, 0.2) is 0 Å². The molecular weight excluding hydrogens is 274 g/mol. The lowest BCUT2D eigenvalue weighted by atomic mass is 10.2. The highest BCUT2D eigenvalue weighted by atomic mass is 32.2. The SMILES string of the molecule is C[C@@H](NC(=O)NCC[S@@](=O)C(C)(C)C)c1ccccn1. The fourth-order valence-corrected chi connectivity index (χ4v) is 2.42. The third-order valence-corrected chi connectivity index (χ3v) is 4.68. The second kappa shape index (κ2) is 7.38. The number of carbonyl (C=O) groups excluding carboxylic acids is 1. The van der Waals surface area contributed by atoms with Gasteiger partial charge in [-0.15, -0.1) is 0 Å². The van der Waals surface area contributed by atoms with Crippen molar-refractivity contribution in [2.45, 2.75) is 38.5 Å². The van der Waals surface area contributed by atoms with Crippen LogP contribution in [0.3, 0.4) is 0 Å². The average molecular weight is 297 g/mol. The molecule has 112 valence electrons. The van der Waals surface area contributed by atoms with E-state index in [2.05, 4.69) is 15.6 Å². The van der Waals surface area contributed by atoms with Crippen LogP contribution >= 0.6 is 0 Å². The molecule has 0 unspecified atom stereocenters. The molecule has 0 radical (unpaired) electrons. The van der Waals surface area contributed by atoms with Crippen LogP contribution < -0.4 is 10.6 Å². The van der Waals surface area contributed by atoms with Gasteiger partial charge >= 0.3 is 6.03 Å². The van der Waals surface area contributed by atoms with E-state index in [4.69, 9.17) is 0 Å². The normalized spacial score (nSPS) is 14.4. The van der Waals surface area contributed by atoms with Crippen molar-refractivity contribution in [3.63, 3.8) is 0 Å². The maximum absolute atomic E-state index is 11.8. The zero-order valence-electron chi connectivity index (χ0n) is 12.5. The van der Waals surface area contributed by atoms with E-state index >= 15 is 0 Å². The molecular formula is C14H23N3O2S. The Labute approximate surface area is 123 Å². The largest absolute Gasteiger partial charge is 0.337 e. The van der Waals surface area contributed by atoms with Gasteiger partial charge in [0.1, 0.15) is 0 Å². The highest BCUT2D eigenvalue weighted by Crippen LogP contribution is 2.10. The molecule has 2 N–H and O–H groups in total. The van der Waals surface area contributed by atoms with Crippen LogP contribution in [-0.2, 0) is 10.8 Å². The molecule has 0 saturated carbocycles. The molecule has 0 aliphatic heterocycles. The predicted octanol–water partition coefficient (Wildman–Crippen LogP) is 1.99. The van der Waals surface area contributed by atoms with Crippen LogP contribution in [0.15, 0.2) is 24.4 Å². The molecule has 20 heavy (non-hydrogen) atoms. The fraction of sp³-hybridized carbons (Fsp3) is 0.571. The molecule has 1 rings (SSSR count). The molecule has 5 nitrogen and oxygen atoms in total. The Bertz CT molecular complexity index is 457. The number of carbonyl (C=O) groups is 1. The van der Waals surface area contributed by atoms with Crippen molar-refractivity contribution in [1.82, 2.24) is 15.6 Å². The van der Waals surface area contributed by atoms with Gasteiger partial charge in [0.05, 0.1) is 11.7 Å². The van der Waals surface area contributed by atoms with Gasteiger partial charge in [-0.25, -0.2) is 4.79 Å². The lowest BCUT2D eigenvalue weighted by Gasteiger charge is -2.18. The van der Waals surface area contributed by atoms with Crippen LogP contribution in [0.4, 0.5) is 4.79 Å². The Morgan fingerprint density at radius 2 is 2.10 bits per heavy atom. The minimum atomic E-state index is -0.957. The second-order valence-corrected chi connectivity index (χ2v) is 7.86. The van der Waals surface area contributed by atoms with Crippen LogP contribution in [0.5, 0.6) is 0 Å². The van der Waals surface area contributed by atoms with Gasteiger partial charge < -0.3 is 10.6 Å². The highest BCUT2D eigenvalue weighted by molar-refractivity contribution is 7.86. The van der Waals surface area contributed by atoms with Crippen LogP contribution in [0, 0.1) is 0 Å². The summed E-state index contributed by atoms with van der Waals surface area (Å²) in [7, 11) is -0.957. The fourth-order valence-electron chi connectivity index (χ4n) is 1.52. The smallest absolute Gasteiger partial charge is 0.315 e. The van der Waals surface area contributed by atoms with Crippen LogP contribution in [0.1, 0.15) is 39.4 Å². The highest BCUT2D eigenvalue weighted by Gasteiger charge is 2.19. The summed E-state index contributed by atoms with van der Waals surface area (Å²) < 4.78 is 11.6. The standard InChI is InChI=1S/C14H23N3O2S/c1-11(12-7-5-6-8-15-12)17-13(18)16-9-10-20(19)14(2,3)4/h5-8,11H,9-10H2,1-4H3,(H2,16,17,18)/t11-,20-/m1/s1. The van der Waals surface area contributed by atoms with Gasteiger partial charge in [-0.05, 0) is 39.8 Å². The van der Waals surface area contributed by atoms with E-state index in [0.29, 0.717) is 12.3 Å². The van der Waals surface area contributed by atoms with Gasteiger partial charge in [0, 0.05) is 34.0 Å². The van der Waals surface area contributed by atoms with E-state index in [0.717, 1.165) is 5.69 Å². The number of nitrogens with one attached hydrogen (secondary N) is 2. The topological polar surface area (TPSA) is 71.1 Å². The summed E-state index contributed by atoms with van der Waals surface area (Å²) in [5, 5.41) is 5.51. The van der Waals surface area contributed by atoms with Crippen molar-refractivity contribution in [3.05, 3.63) is 30.1 Å². The quantitative estimate of drug-likeness (QED) is 0.873. The number of aromatic nitrogens is 1. The predicted molar refractivity (Wildman–Crippen MR) is 81.9 cm³/mol. The Kier molecular flexibility index (Phi) is 6.13. The average Bonchev–Trinajstić information content (AvgIpc) is 2.38. The Morgan fingerprint density at radius 1 is 1.40 bits per heavy atom. The molecule has 2 amide bonds. The van der Waals surface area contributed by atoms with E-state index in [1.165, 1.54) is 0 Å². The van der Waals surface area contributed by atoms with Crippen molar-refractivity contribution >= 4 is 16.8 Å². The van der Waals surface area contributed by atoms with Crippen LogP contribution in [-0.4, -0.2) is 32.3 Å². The summed E-state index contributed by atoms with van der Waals surface area (Å²) in [6, 6.07) is 5.14. The molecule has 0 saturated heterocycles. The molecule has 0 aliphatic carbocycles. The minimum absolute atomic E-state index is 0.163. The number of nitrogens with zero attached hydrogens (tertiary/aromatic N) is 1. The monoisotopic (exact) mass is 297 g/mol. The van der Waals surface area contributed by atoms with E-state index in [1.807, 2.05) is 45.9 Å². The number of rotatable bonds is 5. The third-order valence-electron chi connectivity index (χ3n) is 2.74. The summed E-state index contributed by atoms with van der Waals surface area (Å²) >= 11 is 0. The molecule has 0 fully saturated rings.